The molecule has 0 aromatic carbocycles. The normalized spacial score (nSPS) is 15.7. The van der Waals surface area contributed by atoms with E-state index in [9.17, 15) is 9.59 Å². The molecular weight excluding hydrogens is 244 g/mol. The van der Waals surface area contributed by atoms with E-state index in [4.69, 9.17) is 5.11 Å². The molecule has 0 radical (unpaired) electrons. The molecule has 100 valence electrons. The average molecular weight is 260 g/mol. The highest BCUT2D eigenvalue weighted by Crippen LogP contribution is 2.14. The molecule has 1 aliphatic rings. The summed E-state index contributed by atoms with van der Waals surface area (Å²) in [5, 5.41) is 8.57. The van der Waals surface area contributed by atoms with Crippen molar-refractivity contribution in [1.82, 2.24) is 9.88 Å². The lowest BCUT2D eigenvalue weighted by Gasteiger charge is -2.26. The van der Waals surface area contributed by atoms with E-state index in [1.165, 1.54) is 24.9 Å². The third kappa shape index (κ3) is 3.64. The Morgan fingerprint density at radius 2 is 1.95 bits per heavy atom. The molecule has 1 aliphatic heterocycles. The molecule has 0 saturated carbocycles. The average Bonchev–Trinajstić information content (AvgIpc) is 2.45. The van der Waals surface area contributed by atoms with Crippen LogP contribution in [-0.2, 0) is 4.79 Å². The molecule has 0 aliphatic carbocycles. The Labute approximate surface area is 111 Å². The molecule has 1 saturated heterocycles. The maximum atomic E-state index is 12.2. The van der Waals surface area contributed by atoms with Gasteiger partial charge in [-0.05, 0) is 37.0 Å². The highest BCUT2D eigenvalue weighted by Gasteiger charge is 2.18. The number of carbonyl (C=O) groups excluding carboxylic acids is 1. The van der Waals surface area contributed by atoms with Crippen LogP contribution in [0.5, 0.6) is 0 Å². The Morgan fingerprint density at radius 3 is 2.63 bits per heavy atom. The number of carbonyl (C=O) groups is 2. The molecule has 1 amide bonds. The van der Waals surface area contributed by atoms with E-state index < -0.39 is 5.97 Å². The van der Waals surface area contributed by atoms with E-state index in [0.717, 1.165) is 32.0 Å². The zero-order valence-corrected chi connectivity index (χ0v) is 10.6. The SMILES string of the molecule is O=C(O)C=Cc1cncc(C(=O)N2CCCCC2)c1. The van der Waals surface area contributed by atoms with E-state index in [0.29, 0.717) is 11.1 Å². The van der Waals surface area contributed by atoms with E-state index in [2.05, 4.69) is 4.98 Å². The van der Waals surface area contributed by atoms with Crippen molar-refractivity contribution in [1.29, 1.82) is 0 Å². The topological polar surface area (TPSA) is 70.5 Å². The summed E-state index contributed by atoms with van der Waals surface area (Å²) < 4.78 is 0. The van der Waals surface area contributed by atoms with Gasteiger partial charge in [0.25, 0.3) is 5.91 Å². The molecular formula is C14H16N2O3. The highest BCUT2D eigenvalue weighted by molar-refractivity contribution is 5.94. The molecule has 2 heterocycles. The van der Waals surface area contributed by atoms with Gasteiger partial charge in [0, 0.05) is 31.6 Å². The first-order chi connectivity index (χ1) is 9.16. The van der Waals surface area contributed by atoms with Crippen molar-refractivity contribution in [2.45, 2.75) is 19.3 Å². The number of hydrogen-bond acceptors (Lipinski definition) is 3. The molecule has 0 unspecified atom stereocenters. The van der Waals surface area contributed by atoms with Crippen LogP contribution in [0.4, 0.5) is 0 Å². The fourth-order valence-electron chi connectivity index (χ4n) is 2.11. The van der Waals surface area contributed by atoms with Crippen molar-refractivity contribution >= 4 is 18.0 Å². The second-order valence-electron chi connectivity index (χ2n) is 4.53. The molecule has 19 heavy (non-hydrogen) atoms. The number of aliphatic carboxylic acids is 1. The summed E-state index contributed by atoms with van der Waals surface area (Å²) in [6.07, 6.45) is 8.77. The first kappa shape index (κ1) is 13.3. The Morgan fingerprint density at radius 1 is 1.21 bits per heavy atom. The summed E-state index contributed by atoms with van der Waals surface area (Å²) in [6, 6.07) is 1.67. The van der Waals surface area contributed by atoms with Gasteiger partial charge in [0.1, 0.15) is 0 Å². The third-order valence-corrected chi connectivity index (χ3v) is 3.07. The van der Waals surface area contributed by atoms with E-state index in [1.54, 1.807) is 6.07 Å². The minimum absolute atomic E-state index is 0.0298. The van der Waals surface area contributed by atoms with E-state index in [1.807, 2.05) is 4.90 Å². The van der Waals surface area contributed by atoms with Crippen molar-refractivity contribution in [3.8, 4) is 0 Å². The van der Waals surface area contributed by atoms with Crippen molar-refractivity contribution in [2.75, 3.05) is 13.1 Å². The van der Waals surface area contributed by atoms with Crippen molar-refractivity contribution in [3.05, 3.63) is 35.7 Å². The summed E-state index contributed by atoms with van der Waals surface area (Å²) in [4.78, 5) is 28.5. The minimum atomic E-state index is -1.02. The smallest absolute Gasteiger partial charge is 0.328 e. The number of piperidine rings is 1. The van der Waals surface area contributed by atoms with Gasteiger partial charge >= 0.3 is 5.97 Å². The summed E-state index contributed by atoms with van der Waals surface area (Å²) in [5.41, 5.74) is 1.12. The predicted molar refractivity (Wildman–Crippen MR) is 70.7 cm³/mol. The van der Waals surface area contributed by atoms with Crippen molar-refractivity contribution in [3.63, 3.8) is 0 Å². The van der Waals surface area contributed by atoms with Gasteiger partial charge in [-0.25, -0.2) is 4.79 Å². The Bertz CT molecular complexity index is 505. The number of rotatable bonds is 3. The monoisotopic (exact) mass is 260 g/mol. The summed E-state index contributed by atoms with van der Waals surface area (Å²) in [7, 11) is 0. The van der Waals surface area contributed by atoms with Crippen LogP contribution >= 0.6 is 0 Å². The third-order valence-electron chi connectivity index (χ3n) is 3.07. The fourth-order valence-corrected chi connectivity index (χ4v) is 2.11. The van der Waals surface area contributed by atoms with Crippen LogP contribution in [0.15, 0.2) is 24.5 Å². The lowest BCUT2D eigenvalue weighted by molar-refractivity contribution is -0.131. The van der Waals surface area contributed by atoms with Crippen molar-refractivity contribution < 1.29 is 14.7 Å². The number of nitrogens with zero attached hydrogens (tertiary/aromatic N) is 2. The zero-order chi connectivity index (χ0) is 13.7. The lowest BCUT2D eigenvalue weighted by atomic mass is 10.1. The first-order valence-corrected chi connectivity index (χ1v) is 6.32. The highest BCUT2D eigenvalue weighted by atomic mass is 16.4. The maximum absolute atomic E-state index is 12.2. The molecule has 5 heteroatoms. The summed E-state index contributed by atoms with van der Waals surface area (Å²) in [5.74, 6) is -1.05. The van der Waals surface area contributed by atoms with Crippen LogP contribution < -0.4 is 0 Å². The molecule has 5 nitrogen and oxygen atoms in total. The van der Waals surface area contributed by atoms with E-state index in [-0.39, 0.29) is 5.91 Å². The number of carboxylic acids is 1. The lowest BCUT2D eigenvalue weighted by Crippen LogP contribution is -2.35. The van der Waals surface area contributed by atoms with Crippen LogP contribution in [0.3, 0.4) is 0 Å². The largest absolute Gasteiger partial charge is 0.478 e. The number of carboxylic acid groups (broad SMARTS) is 1. The van der Waals surface area contributed by atoms with Gasteiger partial charge < -0.3 is 10.0 Å². The number of likely N-dealkylation sites (tertiary alicyclic amines) is 1. The van der Waals surface area contributed by atoms with Crippen LogP contribution in [-0.4, -0.2) is 40.0 Å². The molecule has 2 rings (SSSR count). The summed E-state index contributed by atoms with van der Waals surface area (Å²) in [6.45, 7) is 1.57. The standard InChI is InChI=1S/C14H16N2O3/c17-13(18)5-4-11-8-12(10-15-9-11)14(19)16-6-2-1-3-7-16/h4-5,8-10H,1-3,6-7H2,(H,17,18). The fraction of sp³-hybridized carbons (Fsp3) is 0.357. The second kappa shape index (κ2) is 6.13. The number of pyridine rings is 1. The quantitative estimate of drug-likeness (QED) is 0.841. The minimum Gasteiger partial charge on any atom is -0.478 e. The summed E-state index contributed by atoms with van der Waals surface area (Å²) >= 11 is 0. The maximum Gasteiger partial charge on any atom is 0.328 e. The number of amides is 1. The molecule has 0 spiro atoms. The van der Waals surface area contributed by atoms with E-state index >= 15 is 0 Å². The zero-order valence-electron chi connectivity index (χ0n) is 10.6. The van der Waals surface area contributed by atoms with Gasteiger partial charge in [0.15, 0.2) is 0 Å². The van der Waals surface area contributed by atoms with Gasteiger partial charge in [-0.2, -0.15) is 0 Å². The van der Waals surface area contributed by atoms with Gasteiger partial charge in [0.2, 0.25) is 0 Å². The van der Waals surface area contributed by atoms with Crippen molar-refractivity contribution in [2.24, 2.45) is 0 Å². The van der Waals surface area contributed by atoms with Crippen LogP contribution in [0, 0.1) is 0 Å². The Kier molecular flexibility index (Phi) is 4.28. The predicted octanol–water partition coefficient (Wildman–Crippen LogP) is 1.81. The molecule has 1 fully saturated rings. The van der Waals surface area contributed by atoms with Gasteiger partial charge in [0.05, 0.1) is 5.56 Å². The molecule has 1 aromatic heterocycles. The molecule has 0 bridgehead atoms. The molecule has 1 aromatic rings. The number of hydrogen-bond donors (Lipinski definition) is 1. The van der Waals surface area contributed by atoms with Crippen LogP contribution in [0.25, 0.3) is 6.08 Å². The Hall–Kier alpha value is -2.17. The van der Waals surface area contributed by atoms with Gasteiger partial charge in [-0.3, -0.25) is 9.78 Å². The molecule has 0 atom stereocenters. The van der Waals surface area contributed by atoms with Crippen LogP contribution in [0.2, 0.25) is 0 Å². The molecule has 1 N–H and O–H groups in total. The van der Waals surface area contributed by atoms with Crippen LogP contribution in [0.1, 0.15) is 35.2 Å². The first-order valence-electron chi connectivity index (χ1n) is 6.32. The van der Waals surface area contributed by atoms with Gasteiger partial charge in [-0.15, -0.1) is 0 Å². The van der Waals surface area contributed by atoms with Gasteiger partial charge in [-0.1, -0.05) is 0 Å². The Balaban J connectivity index is 2.13. The number of aromatic nitrogens is 1. The second-order valence-corrected chi connectivity index (χ2v) is 4.53.